The van der Waals surface area contributed by atoms with E-state index >= 15 is 4.39 Å². The largest absolute Gasteiger partial charge is 0.507 e. The van der Waals surface area contributed by atoms with Gasteiger partial charge < -0.3 is 14.7 Å². The lowest BCUT2D eigenvalue weighted by atomic mass is 9.59. The quantitative estimate of drug-likeness (QED) is 0.590. The first-order valence-corrected chi connectivity index (χ1v) is 11.6. The number of benzene rings is 1. The molecule has 3 aromatic rings. The Morgan fingerprint density at radius 1 is 1.14 bits per heavy atom. The Bertz CT molecular complexity index is 1240. The number of hydrogen-bond acceptors (Lipinski definition) is 9. The molecule has 0 radical (unpaired) electrons. The van der Waals surface area contributed by atoms with Crippen LogP contribution in [0.5, 0.6) is 11.8 Å². The van der Waals surface area contributed by atoms with Crippen LogP contribution in [0.1, 0.15) is 26.7 Å². The summed E-state index contributed by atoms with van der Waals surface area (Å²) in [5.41, 5.74) is 1.01. The molecule has 1 saturated carbocycles. The first kappa shape index (κ1) is 23.3. The van der Waals surface area contributed by atoms with E-state index in [9.17, 15) is 5.11 Å². The molecule has 6 rings (SSSR count). The molecule has 2 bridgehead atoms. The lowest BCUT2D eigenvalue weighted by Gasteiger charge is -2.63. The van der Waals surface area contributed by atoms with Gasteiger partial charge in [-0.2, -0.15) is 9.97 Å². The van der Waals surface area contributed by atoms with Crippen LogP contribution < -0.4 is 9.64 Å². The first-order chi connectivity index (χ1) is 16.7. The van der Waals surface area contributed by atoms with Gasteiger partial charge in [0.05, 0.1) is 24.4 Å². The third-order valence-corrected chi connectivity index (χ3v) is 7.95. The van der Waals surface area contributed by atoms with E-state index in [0.717, 1.165) is 19.4 Å². The van der Waals surface area contributed by atoms with Gasteiger partial charge in [0.1, 0.15) is 18.2 Å². The van der Waals surface area contributed by atoms with Crippen molar-refractivity contribution < 1.29 is 14.2 Å². The van der Waals surface area contributed by atoms with Crippen molar-refractivity contribution in [1.29, 1.82) is 0 Å². The number of hydrogen-bond donors (Lipinski definition) is 1. The number of rotatable bonds is 5. The van der Waals surface area contributed by atoms with Crippen molar-refractivity contribution in [1.82, 2.24) is 30.0 Å². The number of aromatic nitrogens is 5. The standard InChI is InChI=1S/C25H30FN7O2/c1-24-10-11-25(2,32(3)13-24)20(26)21(24)33(4)19-9-8-17(30-31-19)16-7-6-15(12-18(16)34)22-27-14-28-23(29-22)35-5/h6-9,12,14,20-21,34H,10-11,13H2,1-5H3/t20?,21?,24?,25-/m0/s1. The zero-order valence-corrected chi connectivity index (χ0v) is 20.6. The fraction of sp³-hybridized carbons (Fsp3) is 0.480. The number of halogens is 1. The summed E-state index contributed by atoms with van der Waals surface area (Å²) in [5, 5.41) is 19.4. The third-order valence-electron chi connectivity index (χ3n) is 7.95. The number of methoxy groups -OCH3 is 1. The van der Waals surface area contributed by atoms with Crippen molar-refractivity contribution in [2.75, 3.05) is 32.6 Å². The third kappa shape index (κ3) is 3.76. The zero-order valence-electron chi connectivity index (χ0n) is 20.6. The number of phenolic OH excluding ortho intramolecular Hbond substituents is 1. The Hall–Kier alpha value is -3.40. The Labute approximate surface area is 204 Å². The molecule has 4 heterocycles. The fourth-order valence-electron chi connectivity index (χ4n) is 5.68. The van der Waals surface area contributed by atoms with Gasteiger partial charge in [-0.05, 0) is 51.1 Å². The number of phenols is 1. The lowest BCUT2D eigenvalue weighted by Crippen LogP contribution is -2.74. The molecule has 9 nitrogen and oxygen atoms in total. The molecule has 0 spiro atoms. The molecule has 10 heteroatoms. The number of ether oxygens (including phenoxy) is 1. The molecule has 2 aliphatic heterocycles. The van der Waals surface area contributed by atoms with E-state index in [-0.39, 0.29) is 23.2 Å². The summed E-state index contributed by atoms with van der Waals surface area (Å²) < 4.78 is 20.8. The van der Waals surface area contributed by atoms with Crippen molar-refractivity contribution in [3.8, 4) is 34.4 Å². The highest BCUT2D eigenvalue weighted by molar-refractivity contribution is 5.72. The fourth-order valence-corrected chi connectivity index (χ4v) is 5.68. The van der Waals surface area contributed by atoms with E-state index in [1.807, 2.05) is 32.0 Å². The van der Waals surface area contributed by atoms with Crippen LogP contribution in [-0.4, -0.2) is 80.7 Å². The normalized spacial score (nSPS) is 28.2. The van der Waals surface area contributed by atoms with E-state index in [4.69, 9.17) is 4.74 Å². The molecule has 35 heavy (non-hydrogen) atoms. The van der Waals surface area contributed by atoms with Crippen molar-refractivity contribution in [3.63, 3.8) is 0 Å². The molecule has 1 N–H and O–H groups in total. The molecule has 1 aromatic carbocycles. The maximum Gasteiger partial charge on any atom is 0.319 e. The molecule has 184 valence electrons. The minimum Gasteiger partial charge on any atom is -0.507 e. The van der Waals surface area contributed by atoms with Crippen LogP contribution in [0.3, 0.4) is 0 Å². The predicted octanol–water partition coefficient (Wildman–Crippen LogP) is 3.36. The summed E-state index contributed by atoms with van der Waals surface area (Å²) in [6.07, 6.45) is 2.17. The predicted molar refractivity (Wildman–Crippen MR) is 130 cm³/mol. The number of anilines is 1. The molecule has 2 saturated heterocycles. The second-order valence-corrected chi connectivity index (χ2v) is 10.1. The van der Waals surface area contributed by atoms with Crippen LogP contribution >= 0.6 is 0 Å². The average molecular weight is 480 g/mol. The van der Waals surface area contributed by atoms with Crippen molar-refractivity contribution >= 4 is 5.82 Å². The van der Waals surface area contributed by atoms with Crippen LogP contribution in [-0.2, 0) is 0 Å². The van der Waals surface area contributed by atoms with Crippen LogP contribution in [0.25, 0.3) is 22.6 Å². The van der Waals surface area contributed by atoms with Crippen molar-refractivity contribution in [2.24, 2.45) is 5.41 Å². The maximum absolute atomic E-state index is 15.8. The molecular weight excluding hydrogens is 449 g/mol. The molecule has 1 aliphatic carbocycles. The van der Waals surface area contributed by atoms with Crippen LogP contribution in [0.4, 0.5) is 10.2 Å². The Morgan fingerprint density at radius 2 is 1.94 bits per heavy atom. The Balaban J connectivity index is 1.39. The van der Waals surface area contributed by atoms with Crippen molar-refractivity contribution in [2.45, 2.75) is 44.4 Å². The molecule has 3 unspecified atom stereocenters. The first-order valence-electron chi connectivity index (χ1n) is 11.6. The minimum atomic E-state index is -1.00. The van der Waals surface area contributed by atoms with E-state index in [0.29, 0.717) is 28.5 Å². The van der Waals surface area contributed by atoms with Crippen LogP contribution in [0.2, 0.25) is 0 Å². The maximum atomic E-state index is 15.8. The number of nitrogens with zero attached hydrogens (tertiary/aromatic N) is 7. The highest BCUT2D eigenvalue weighted by atomic mass is 19.1. The second-order valence-electron chi connectivity index (χ2n) is 10.1. The van der Waals surface area contributed by atoms with Gasteiger partial charge in [-0.1, -0.05) is 13.0 Å². The van der Waals surface area contributed by atoms with Crippen LogP contribution in [0.15, 0.2) is 36.7 Å². The molecule has 0 amide bonds. The van der Waals surface area contributed by atoms with Gasteiger partial charge >= 0.3 is 6.01 Å². The van der Waals surface area contributed by atoms with E-state index in [1.54, 1.807) is 24.3 Å². The number of fused-ring (bicyclic) bond motifs is 3. The van der Waals surface area contributed by atoms with Gasteiger partial charge in [0, 0.05) is 30.1 Å². The van der Waals surface area contributed by atoms with Gasteiger partial charge in [0.2, 0.25) is 0 Å². The lowest BCUT2D eigenvalue weighted by molar-refractivity contribution is -0.123. The summed E-state index contributed by atoms with van der Waals surface area (Å²) >= 11 is 0. The molecular formula is C25H30FN7O2. The average Bonchev–Trinajstić information content (AvgIpc) is 2.86. The van der Waals surface area contributed by atoms with Gasteiger partial charge in [-0.25, -0.2) is 9.37 Å². The molecule has 3 fully saturated rings. The van der Waals surface area contributed by atoms with Gasteiger partial charge in [-0.3, -0.25) is 4.90 Å². The molecule has 3 aliphatic rings. The monoisotopic (exact) mass is 479 g/mol. The molecule has 4 atom stereocenters. The van der Waals surface area contributed by atoms with E-state index in [2.05, 4.69) is 37.0 Å². The van der Waals surface area contributed by atoms with Gasteiger partial charge in [0.15, 0.2) is 11.6 Å². The van der Waals surface area contributed by atoms with Crippen LogP contribution in [0, 0.1) is 5.41 Å². The zero-order chi connectivity index (χ0) is 25.0. The van der Waals surface area contributed by atoms with E-state index < -0.39 is 11.7 Å². The minimum absolute atomic E-state index is 0.0224. The van der Waals surface area contributed by atoms with Gasteiger partial charge in [-0.15, -0.1) is 10.2 Å². The number of alkyl halides is 1. The van der Waals surface area contributed by atoms with Crippen molar-refractivity contribution in [3.05, 3.63) is 36.7 Å². The SMILES string of the molecule is COc1ncnc(-c2ccc(-c3ccc(N(C)C4C(F)[C@]5(C)CCC4(C)CN5C)nn3)c(O)c2)n1. The summed E-state index contributed by atoms with van der Waals surface area (Å²) in [5.74, 6) is 1.01. The summed E-state index contributed by atoms with van der Waals surface area (Å²) in [4.78, 5) is 16.3. The highest BCUT2D eigenvalue weighted by Gasteiger charge is 2.61. The Kier molecular flexibility index (Phi) is 5.58. The summed E-state index contributed by atoms with van der Waals surface area (Å²) in [6.45, 7) is 5.03. The second kappa shape index (κ2) is 8.37. The molecule has 2 aromatic heterocycles. The highest BCUT2D eigenvalue weighted by Crippen LogP contribution is 2.52. The van der Waals surface area contributed by atoms with Gasteiger partial charge in [0.25, 0.3) is 0 Å². The smallest absolute Gasteiger partial charge is 0.319 e. The van der Waals surface area contributed by atoms with E-state index in [1.165, 1.54) is 13.4 Å². The summed E-state index contributed by atoms with van der Waals surface area (Å²) in [6, 6.07) is 8.62. The number of aromatic hydroxyl groups is 1. The Morgan fingerprint density at radius 3 is 2.60 bits per heavy atom. The summed E-state index contributed by atoms with van der Waals surface area (Å²) in [7, 11) is 5.39. The topological polar surface area (TPSA) is 100 Å². The number of piperidine rings is 2.